The number of hydrogen-bond donors (Lipinski definition) is 3. The standard InChI is InChI=1S/C11H15N3O3S/c1-11(10(16)17,6-2-3-6)14-9(15)7-5-18-8(4-12)13-7/h5-6H,2-4,12H2,1H3,(H,14,15)(H,16,17). The minimum Gasteiger partial charge on any atom is -0.480 e. The second-order valence-electron chi connectivity index (χ2n) is 4.57. The lowest BCUT2D eigenvalue weighted by Gasteiger charge is -2.25. The zero-order valence-corrected chi connectivity index (χ0v) is 10.8. The number of thiazole rings is 1. The Kier molecular flexibility index (Phi) is 3.36. The zero-order valence-electron chi connectivity index (χ0n) is 9.97. The maximum Gasteiger partial charge on any atom is 0.329 e. The first kappa shape index (κ1) is 13.0. The summed E-state index contributed by atoms with van der Waals surface area (Å²) in [7, 11) is 0. The third-order valence-corrected chi connectivity index (χ3v) is 4.04. The fourth-order valence-corrected chi connectivity index (χ4v) is 2.45. The van der Waals surface area contributed by atoms with Crippen molar-refractivity contribution in [3.8, 4) is 0 Å². The topological polar surface area (TPSA) is 105 Å². The zero-order chi connectivity index (χ0) is 13.3. The van der Waals surface area contributed by atoms with Gasteiger partial charge in [-0.3, -0.25) is 4.79 Å². The predicted molar refractivity (Wildman–Crippen MR) is 66.2 cm³/mol. The lowest BCUT2D eigenvalue weighted by molar-refractivity contribution is -0.144. The fraction of sp³-hybridized carbons (Fsp3) is 0.545. The number of nitrogens with zero attached hydrogens (tertiary/aromatic N) is 1. The van der Waals surface area contributed by atoms with Crippen LogP contribution in [0.25, 0.3) is 0 Å². The molecule has 1 aliphatic carbocycles. The van der Waals surface area contributed by atoms with E-state index in [1.54, 1.807) is 12.3 Å². The Bertz CT molecular complexity index is 484. The summed E-state index contributed by atoms with van der Waals surface area (Å²) in [5.74, 6) is -1.46. The summed E-state index contributed by atoms with van der Waals surface area (Å²) < 4.78 is 0. The van der Waals surface area contributed by atoms with Crippen LogP contribution < -0.4 is 11.1 Å². The molecule has 0 aromatic carbocycles. The lowest BCUT2D eigenvalue weighted by Crippen LogP contribution is -2.54. The van der Waals surface area contributed by atoms with Crippen molar-refractivity contribution in [2.75, 3.05) is 0 Å². The second kappa shape index (κ2) is 4.66. The van der Waals surface area contributed by atoms with Crippen LogP contribution in [-0.2, 0) is 11.3 Å². The molecule has 1 aliphatic rings. The van der Waals surface area contributed by atoms with Crippen LogP contribution in [-0.4, -0.2) is 27.5 Å². The number of carbonyl (C=O) groups excluding carboxylic acids is 1. The summed E-state index contributed by atoms with van der Waals surface area (Å²) in [6.07, 6.45) is 1.66. The number of nitrogens with one attached hydrogen (secondary N) is 1. The molecule has 0 bridgehead atoms. The molecule has 1 atom stereocenters. The Hall–Kier alpha value is -1.47. The van der Waals surface area contributed by atoms with Crippen LogP contribution in [0.5, 0.6) is 0 Å². The van der Waals surface area contributed by atoms with Gasteiger partial charge in [-0.2, -0.15) is 0 Å². The Balaban J connectivity index is 2.12. The van der Waals surface area contributed by atoms with E-state index in [0.29, 0.717) is 5.01 Å². The van der Waals surface area contributed by atoms with E-state index in [1.807, 2.05) is 0 Å². The number of aromatic nitrogens is 1. The number of hydrogen-bond acceptors (Lipinski definition) is 5. The van der Waals surface area contributed by atoms with Crippen molar-refractivity contribution in [1.29, 1.82) is 0 Å². The summed E-state index contributed by atoms with van der Waals surface area (Å²) in [6, 6.07) is 0. The average Bonchev–Trinajstić information content (AvgIpc) is 3.07. The molecule has 0 aliphatic heterocycles. The molecule has 98 valence electrons. The molecule has 1 amide bonds. The number of carboxylic acids is 1. The Morgan fingerprint density at radius 3 is 2.78 bits per heavy atom. The molecule has 1 unspecified atom stereocenters. The SMILES string of the molecule is CC(NC(=O)c1csc(CN)n1)(C(=O)O)C1CC1. The minimum atomic E-state index is -1.20. The van der Waals surface area contributed by atoms with Crippen molar-refractivity contribution in [2.45, 2.75) is 31.8 Å². The van der Waals surface area contributed by atoms with E-state index < -0.39 is 17.4 Å². The number of aliphatic carboxylic acids is 1. The van der Waals surface area contributed by atoms with E-state index in [0.717, 1.165) is 12.8 Å². The van der Waals surface area contributed by atoms with E-state index in [1.165, 1.54) is 11.3 Å². The molecule has 1 aromatic heterocycles. The number of amides is 1. The van der Waals surface area contributed by atoms with Crippen molar-refractivity contribution in [2.24, 2.45) is 11.7 Å². The van der Waals surface area contributed by atoms with Gasteiger partial charge in [0.25, 0.3) is 5.91 Å². The summed E-state index contributed by atoms with van der Waals surface area (Å²) in [4.78, 5) is 27.3. The first-order chi connectivity index (χ1) is 8.47. The molecule has 1 saturated carbocycles. The highest BCUT2D eigenvalue weighted by atomic mass is 32.1. The number of carbonyl (C=O) groups is 2. The van der Waals surface area contributed by atoms with E-state index in [-0.39, 0.29) is 18.2 Å². The molecule has 2 rings (SSSR count). The van der Waals surface area contributed by atoms with Gasteiger partial charge in [-0.25, -0.2) is 9.78 Å². The van der Waals surface area contributed by atoms with E-state index in [2.05, 4.69) is 10.3 Å². The first-order valence-electron chi connectivity index (χ1n) is 5.67. The molecule has 4 N–H and O–H groups in total. The minimum absolute atomic E-state index is 0.00608. The number of nitrogens with two attached hydrogens (primary N) is 1. The highest BCUT2D eigenvalue weighted by molar-refractivity contribution is 7.09. The molecule has 7 heteroatoms. The summed E-state index contributed by atoms with van der Waals surface area (Å²) in [5.41, 5.74) is 4.44. The smallest absolute Gasteiger partial charge is 0.329 e. The maximum absolute atomic E-state index is 12.0. The van der Waals surface area contributed by atoms with Crippen LogP contribution >= 0.6 is 11.3 Å². The highest BCUT2D eigenvalue weighted by Gasteiger charge is 2.48. The Morgan fingerprint density at radius 1 is 1.67 bits per heavy atom. The molecule has 0 spiro atoms. The van der Waals surface area contributed by atoms with E-state index >= 15 is 0 Å². The second-order valence-corrected chi connectivity index (χ2v) is 5.51. The Morgan fingerprint density at radius 2 is 2.33 bits per heavy atom. The normalized spacial score (nSPS) is 18.1. The van der Waals surface area contributed by atoms with Crippen molar-refractivity contribution in [1.82, 2.24) is 10.3 Å². The monoisotopic (exact) mass is 269 g/mol. The van der Waals surface area contributed by atoms with Gasteiger partial charge in [-0.15, -0.1) is 11.3 Å². The van der Waals surface area contributed by atoms with Crippen molar-refractivity contribution < 1.29 is 14.7 Å². The van der Waals surface area contributed by atoms with Gasteiger partial charge < -0.3 is 16.2 Å². The van der Waals surface area contributed by atoms with Crippen LogP contribution in [0.3, 0.4) is 0 Å². The van der Waals surface area contributed by atoms with Gasteiger partial charge in [0, 0.05) is 11.9 Å². The van der Waals surface area contributed by atoms with Gasteiger partial charge in [-0.1, -0.05) is 0 Å². The quantitative estimate of drug-likeness (QED) is 0.725. The fourth-order valence-electron chi connectivity index (χ4n) is 1.80. The van der Waals surface area contributed by atoms with Crippen LogP contribution in [0, 0.1) is 5.92 Å². The predicted octanol–water partition coefficient (Wildman–Crippen LogP) is 0.585. The number of rotatable bonds is 5. The third kappa shape index (κ3) is 2.37. The molecule has 6 nitrogen and oxygen atoms in total. The lowest BCUT2D eigenvalue weighted by atomic mass is 9.96. The van der Waals surface area contributed by atoms with Gasteiger partial charge >= 0.3 is 5.97 Å². The highest BCUT2D eigenvalue weighted by Crippen LogP contribution is 2.39. The summed E-state index contributed by atoms with van der Waals surface area (Å²) >= 11 is 1.29. The van der Waals surface area contributed by atoms with Crippen LogP contribution in [0.15, 0.2) is 5.38 Å². The van der Waals surface area contributed by atoms with Gasteiger partial charge in [0.2, 0.25) is 0 Å². The van der Waals surface area contributed by atoms with E-state index in [4.69, 9.17) is 5.73 Å². The summed E-state index contributed by atoms with van der Waals surface area (Å²) in [5, 5.41) is 14.1. The third-order valence-electron chi connectivity index (χ3n) is 3.17. The molecule has 1 heterocycles. The van der Waals surface area contributed by atoms with Gasteiger partial charge in [0.05, 0.1) is 0 Å². The number of carboxylic acid groups (broad SMARTS) is 1. The molecular weight excluding hydrogens is 254 g/mol. The van der Waals surface area contributed by atoms with E-state index in [9.17, 15) is 14.7 Å². The first-order valence-corrected chi connectivity index (χ1v) is 6.55. The van der Waals surface area contributed by atoms with Crippen molar-refractivity contribution in [3.05, 3.63) is 16.1 Å². The maximum atomic E-state index is 12.0. The average molecular weight is 269 g/mol. The molecule has 0 radical (unpaired) electrons. The van der Waals surface area contributed by atoms with Crippen LogP contribution in [0.2, 0.25) is 0 Å². The molecule has 1 aromatic rings. The Labute approximate surface area is 108 Å². The molecule has 0 saturated heterocycles. The van der Waals surface area contributed by atoms with Gasteiger partial charge in [0.1, 0.15) is 16.2 Å². The van der Waals surface area contributed by atoms with Crippen molar-refractivity contribution >= 4 is 23.2 Å². The van der Waals surface area contributed by atoms with Crippen molar-refractivity contribution in [3.63, 3.8) is 0 Å². The molecule has 18 heavy (non-hydrogen) atoms. The van der Waals surface area contributed by atoms with Gasteiger partial charge in [0.15, 0.2) is 0 Å². The largest absolute Gasteiger partial charge is 0.480 e. The van der Waals surface area contributed by atoms with Gasteiger partial charge in [-0.05, 0) is 25.7 Å². The summed E-state index contributed by atoms with van der Waals surface area (Å²) in [6.45, 7) is 1.82. The van der Waals surface area contributed by atoms with Crippen LogP contribution in [0.4, 0.5) is 0 Å². The van der Waals surface area contributed by atoms with Crippen LogP contribution in [0.1, 0.15) is 35.3 Å². The molecular formula is C11H15N3O3S. The molecule has 1 fully saturated rings.